The van der Waals surface area contributed by atoms with E-state index < -0.39 is 11.5 Å². The monoisotopic (exact) mass is 260 g/mol. The molecule has 0 fully saturated rings. The second-order valence-corrected chi connectivity index (χ2v) is 5.06. The molecule has 0 aliphatic heterocycles. The van der Waals surface area contributed by atoms with Crippen molar-refractivity contribution in [3.05, 3.63) is 0 Å². The van der Waals surface area contributed by atoms with Crippen LogP contribution in [0.1, 0.15) is 40.0 Å². The lowest BCUT2D eigenvalue weighted by Crippen LogP contribution is -2.50. The summed E-state index contributed by atoms with van der Waals surface area (Å²) < 4.78 is 4.92. The molecule has 1 atom stereocenters. The van der Waals surface area contributed by atoms with Gasteiger partial charge in [0, 0.05) is 31.7 Å². The van der Waals surface area contributed by atoms with Gasteiger partial charge in [-0.1, -0.05) is 0 Å². The fraction of sp³-hybridized carbons (Fsp3) is 0.833. The number of ether oxygens (including phenoxy) is 1. The van der Waals surface area contributed by atoms with Gasteiger partial charge in [-0.05, 0) is 33.6 Å². The van der Waals surface area contributed by atoms with E-state index in [2.05, 4.69) is 10.6 Å². The molecule has 0 aromatic carbocycles. The van der Waals surface area contributed by atoms with Crippen LogP contribution < -0.4 is 10.6 Å². The summed E-state index contributed by atoms with van der Waals surface area (Å²) in [6.07, 6.45) is 1.16. The highest BCUT2D eigenvalue weighted by molar-refractivity contribution is 5.75. The van der Waals surface area contributed by atoms with Gasteiger partial charge < -0.3 is 20.5 Å². The Morgan fingerprint density at radius 1 is 1.39 bits per heavy atom. The number of carboxylic acids is 1. The number of methoxy groups -OCH3 is 1. The highest BCUT2D eigenvalue weighted by Crippen LogP contribution is 2.10. The minimum Gasteiger partial charge on any atom is -0.481 e. The lowest BCUT2D eigenvalue weighted by atomic mass is 9.99. The van der Waals surface area contributed by atoms with Crippen molar-refractivity contribution in [2.75, 3.05) is 13.7 Å². The van der Waals surface area contributed by atoms with E-state index in [0.29, 0.717) is 13.0 Å². The number of aliphatic carboxylic acids is 1. The topological polar surface area (TPSA) is 87.7 Å². The number of hydrogen-bond acceptors (Lipinski definition) is 3. The van der Waals surface area contributed by atoms with Gasteiger partial charge in [-0.15, -0.1) is 0 Å². The molecule has 0 bridgehead atoms. The van der Waals surface area contributed by atoms with Gasteiger partial charge in [0.05, 0.1) is 0 Å². The normalized spacial score (nSPS) is 12.9. The number of carbonyl (C=O) groups is 2. The molecule has 6 heteroatoms. The molecular weight excluding hydrogens is 236 g/mol. The van der Waals surface area contributed by atoms with Crippen LogP contribution in [-0.2, 0) is 9.53 Å². The average molecular weight is 260 g/mol. The summed E-state index contributed by atoms with van der Waals surface area (Å²) in [5, 5.41) is 14.2. The summed E-state index contributed by atoms with van der Waals surface area (Å²) in [7, 11) is 1.61. The van der Waals surface area contributed by atoms with E-state index in [1.54, 1.807) is 21.0 Å². The fourth-order valence-corrected chi connectivity index (χ4v) is 1.42. The number of nitrogens with one attached hydrogen (secondary N) is 2. The predicted molar refractivity (Wildman–Crippen MR) is 68.6 cm³/mol. The van der Waals surface area contributed by atoms with Crippen LogP contribution in [0.25, 0.3) is 0 Å². The number of amides is 2. The highest BCUT2D eigenvalue weighted by Gasteiger charge is 2.21. The molecule has 0 aromatic heterocycles. The Balaban J connectivity index is 4.01. The molecule has 18 heavy (non-hydrogen) atoms. The van der Waals surface area contributed by atoms with Crippen molar-refractivity contribution in [2.24, 2.45) is 0 Å². The van der Waals surface area contributed by atoms with Crippen molar-refractivity contribution in [2.45, 2.75) is 51.6 Å². The molecule has 0 saturated heterocycles. The van der Waals surface area contributed by atoms with Crippen molar-refractivity contribution >= 4 is 12.0 Å². The van der Waals surface area contributed by atoms with E-state index >= 15 is 0 Å². The Bertz CT molecular complexity index is 279. The minimum atomic E-state index is -0.862. The first-order valence-electron chi connectivity index (χ1n) is 6.06. The molecule has 0 heterocycles. The molecule has 0 spiro atoms. The van der Waals surface area contributed by atoms with Crippen LogP contribution >= 0.6 is 0 Å². The molecular formula is C12H24N2O4. The zero-order valence-corrected chi connectivity index (χ0v) is 11.6. The zero-order valence-electron chi connectivity index (χ0n) is 11.6. The van der Waals surface area contributed by atoms with Crippen molar-refractivity contribution in [1.82, 2.24) is 10.6 Å². The number of rotatable bonds is 8. The zero-order chi connectivity index (χ0) is 14.2. The van der Waals surface area contributed by atoms with E-state index in [9.17, 15) is 9.59 Å². The van der Waals surface area contributed by atoms with E-state index in [1.165, 1.54) is 0 Å². The Kier molecular flexibility index (Phi) is 7.35. The summed E-state index contributed by atoms with van der Waals surface area (Å²) in [5.41, 5.74) is -0.538. The lowest BCUT2D eigenvalue weighted by molar-refractivity contribution is -0.137. The second kappa shape index (κ2) is 7.92. The van der Waals surface area contributed by atoms with Crippen LogP contribution in [0.5, 0.6) is 0 Å². The maximum absolute atomic E-state index is 11.7. The Labute approximate surface area is 108 Å². The van der Waals surface area contributed by atoms with E-state index in [-0.39, 0.29) is 18.5 Å². The van der Waals surface area contributed by atoms with Gasteiger partial charge in [0.2, 0.25) is 0 Å². The highest BCUT2D eigenvalue weighted by atomic mass is 16.5. The molecule has 106 valence electrons. The number of carbonyl (C=O) groups excluding carboxylic acids is 1. The van der Waals surface area contributed by atoms with Crippen LogP contribution in [-0.4, -0.2) is 42.4 Å². The van der Waals surface area contributed by atoms with Gasteiger partial charge >= 0.3 is 12.0 Å². The van der Waals surface area contributed by atoms with Crippen LogP contribution in [0.2, 0.25) is 0 Å². The van der Waals surface area contributed by atoms with Crippen LogP contribution in [0, 0.1) is 0 Å². The molecule has 0 radical (unpaired) electrons. The first kappa shape index (κ1) is 16.7. The summed E-state index contributed by atoms with van der Waals surface area (Å²) in [4.78, 5) is 22.2. The van der Waals surface area contributed by atoms with E-state index in [4.69, 9.17) is 9.84 Å². The third-order valence-electron chi connectivity index (χ3n) is 2.55. The van der Waals surface area contributed by atoms with Gasteiger partial charge in [0.15, 0.2) is 0 Å². The van der Waals surface area contributed by atoms with Crippen molar-refractivity contribution in [3.63, 3.8) is 0 Å². The molecule has 0 rings (SSSR count). The minimum absolute atomic E-state index is 0.0141. The third kappa shape index (κ3) is 8.81. The molecule has 2 amide bonds. The molecule has 0 aliphatic rings. The fourth-order valence-electron chi connectivity index (χ4n) is 1.42. The van der Waals surface area contributed by atoms with Crippen molar-refractivity contribution in [1.29, 1.82) is 0 Å². The molecule has 0 saturated carbocycles. The van der Waals surface area contributed by atoms with Crippen molar-refractivity contribution in [3.8, 4) is 0 Å². The van der Waals surface area contributed by atoms with Gasteiger partial charge in [-0.25, -0.2) is 4.79 Å². The van der Waals surface area contributed by atoms with E-state index in [0.717, 1.165) is 6.42 Å². The summed E-state index contributed by atoms with van der Waals surface area (Å²) >= 11 is 0. The molecule has 6 nitrogen and oxygen atoms in total. The third-order valence-corrected chi connectivity index (χ3v) is 2.55. The Morgan fingerprint density at radius 2 is 2.00 bits per heavy atom. The number of carboxylic acid groups (broad SMARTS) is 1. The van der Waals surface area contributed by atoms with Crippen LogP contribution in [0.4, 0.5) is 4.79 Å². The summed E-state index contributed by atoms with van der Waals surface area (Å²) in [5.74, 6) is -0.862. The average Bonchev–Trinajstić information content (AvgIpc) is 2.22. The van der Waals surface area contributed by atoms with Crippen molar-refractivity contribution < 1.29 is 19.4 Å². The smallest absolute Gasteiger partial charge is 0.315 e. The number of urea groups is 1. The van der Waals surface area contributed by atoms with Gasteiger partial charge in [-0.3, -0.25) is 4.79 Å². The largest absolute Gasteiger partial charge is 0.481 e. The molecule has 0 aromatic rings. The summed E-state index contributed by atoms with van der Waals surface area (Å²) in [6.45, 7) is 6.08. The molecule has 0 aliphatic carbocycles. The quantitative estimate of drug-likeness (QED) is 0.615. The maximum atomic E-state index is 11.7. The van der Waals surface area contributed by atoms with Crippen LogP contribution in [0.3, 0.4) is 0 Å². The van der Waals surface area contributed by atoms with Gasteiger partial charge in [-0.2, -0.15) is 0 Å². The van der Waals surface area contributed by atoms with Crippen LogP contribution in [0.15, 0.2) is 0 Å². The lowest BCUT2D eigenvalue weighted by Gasteiger charge is -2.26. The van der Waals surface area contributed by atoms with Gasteiger partial charge in [0.1, 0.15) is 0 Å². The summed E-state index contributed by atoms with van der Waals surface area (Å²) in [6, 6.07) is -0.269. The number of hydrogen-bond donors (Lipinski definition) is 3. The predicted octanol–water partition coefficient (Wildman–Crippen LogP) is 1.35. The first-order valence-corrected chi connectivity index (χ1v) is 6.06. The first-order chi connectivity index (χ1) is 8.26. The standard InChI is InChI=1S/C12H24N2O4/c1-9(6-8-18-4)13-11(17)14-12(2,3)7-5-10(15)16/h9H,5-8H2,1-4H3,(H,15,16)(H2,13,14,17). The SMILES string of the molecule is COCCC(C)NC(=O)NC(C)(C)CCC(=O)O. The molecule has 3 N–H and O–H groups in total. The second-order valence-electron chi connectivity index (χ2n) is 5.06. The van der Waals surface area contributed by atoms with E-state index in [1.807, 2.05) is 6.92 Å². The van der Waals surface area contributed by atoms with Gasteiger partial charge in [0.25, 0.3) is 0 Å². The Morgan fingerprint density at radius 3 is 2.50 bits per heavy atom. The molecule has 1 unspecified atom stereocenters. The Hall–Kier alpha value is -1.30. The maximum Gasteiger partial charge on any atom is 0.315 e.